The fourth-order valence-corrected chi connectivity index (χ4v) is 2.55. The van der Waals surface area contributed by atoms with E-state index in [4.69, 9.17) is 5.26 Å². The number of benzene rings is 1. The van der Waals surface area contributed by atoms with Gasteiger partial charge in [-0.25, -0.2) is 0 Å². The summed E-state index contributed by atoms with van der Waals surface area (Å²) in [5, 5.41) is 8.91. The van der Waals surface area contributed by atoms with Crippen molar-refractivity contribution in [1.82, 2.24) is 9.80 Å². The molecule has 1 fully saturated rings. The Balaban J connectivity index is 1.98. The predicted octanol–water partition coefficient (Wildman–Crippen LogP) is 2.00. The molecule has 1 saturated heterocycles. The van der Waals surface area contributed by atoms with Crippen LogP contribution in [0.1, 0.15) is 30.9 Å². The summed E-state index contributed by atoms with van der Waals surface area (Å²) in [6.07, 6.45) is 2.23. The molecule has 106 valence electrons. The molecule has 0 N–H and O–H groups in total. The molecule has 1 heterocycles. The first-order valence-corrected chi connectivity index (χ1v) is 7.10. The van der Waals surface area contributed by atoms with E-state index in [1.165, 1.54) is 0 Å². The molecule has 0 aliphatic carbocycles. The molecule has 0 aromatic heterocycles. The summed E-state index contributed by atoms with van der Waals surface area (Å²) in [7, 11) is 1.96. The van der Waals surface area contributed by atoms with Crippen molar-refractivity contribution in [3.05, 3.63) is 35.4 Å². The minimum absolute atomic E-state index is 0.126. The van der Waals surface area contributed by atoms with E-state index in [1.807, 2.05) is 42.0 Å². The van der Waals surface area contributed by atoms with Gasteiger partial charge in [0.25, 0.3) is 0 Å². The fraction of sp³-hybridized carbons (Fsp3) is 0.500. The number of carbonyl (C=O) groups excluding carboxylic acids is 1. The first-order valence-electron chi connectivity index (χ1n) is 7.10. The van der Waals surface area contributed by atoms with Gasteiger partial charge < -0.3 is 4.90 Å². The molecule has 1 unspecified atom stereocenters. The lowest BCUT2D eigenvalue weighted by Gasteiger charge is -2.28. The van der Waals surface area contributed by atoms with Gasteiger partial charge in [0.2, 0.25) is 5.91 Å². The van der Waals surface area contributed by atoms with Crippen LogP contribution in [-0.2, 0) is 11.3 Å². The maximum Gasteiger partial charge on any atom is 0.239 e. The normalized spacial score (nSPS) is 16.2. The van der Waals surface area contributed by atoms with E-state index < -0.39 is 0 Å². The molecule has 2 rings (SSSR count). The highest BCUT2D eigenvalue weighted by molar-refractivity contribution is 5.81. The van der Waals surface area contributed by atoms with Crippen LogP contribution in [-0.4, -0.2) is 41.9 Å². The van der Waals surface area contributed by atoms with Crippen LogP contribution < -0.4 is 0 Å². The molecule has 0 spiro atoms. The molecule has 4 heteroatoms. The van der Waals surface area contributed by atoms with Crippen molar-refractivity contribution in [3.63, 3.8) is 0 Å². The van der Waals surface area contributed by atoms with Gasteiger partial charge in [0.05, 0.1) is 17.7 Å². The third kappa shape index (κ3) is 3.37. The summed E-state index contributed by atoms with van der Waals surface area (Å²) < 4.78 is 0. The van der Waals surface area contributed by atoms with Crippen LogP contribution in [0.3, 0.4) is 0 Å². The van der Waals surface area contributed by atoms with Crippen LogP contribution in [0.2, 0.25) is 0 Å². The number of nitriles is 1. The van der Waals surface area contributed by atoms with Crippen LogP contribution in [0.4, 0.5) is 0 Å². The maximum atomic E-state index is 12.3. The number of amides is 1. The highest BCUT2D eigenvalue weighted by atomic mass is 16.2. The summed E-state index contributed by atoms with van der Waals surface area (Å²) in [6, 6.07) is 9.56. The SMILES string of the molecule is CC(C(=O)N1CCCC1)N(C)Cc1cccc(C#N)c1. The maximum absolute atomic E-state index is 12.3. The van der Waals surface area contributed by atoms with Gasteiger partial charge in [-0.3, -0.25) is 9.69 Å². The second-order valence-electron chi connectivity index (χ2n) is 5.44. The molecule has 1 amide bonds. The van der Waals surface area contributed by atoms with Crippen molar-refractivity contribution in [3.8, 4) is 6.07 Å². The Hall–Kier alpha value is -1.86. The molecule has 1 aliphatic rings. The highest BCUT2D eigenvalue weighted by Gasteiger charge is 2.25. The third-order valence-electron chi connectivity index (χ3n) is 3.92. The fourth-order valence-electron chi connectivity index (χ4n) is 2.55. The lowest BCUT2D eigenvalue weighted by molar-refractivity contribution is -0.135. The summed E-state index contributed by atoms with van der Waals surface area (Å²) in [5.74, 6) is 0.210. The van der Waals surface area contributed by atoms with Gasteiger partial charge in [-0.15, -0.1) is 0 Å². The number of likely N-dealkylation sites (tertiary alicyclic amines) is 1. The average Bonchev–Trinajstić information content (AvgIpc) is 3.00. The lowest BCUT2D eigenvalue weighted by atomic mass is 10.1. The first-order chi connectivity index (χ1) is 9.61. The largest absolute Gasteiger partial charge is 0.341 e. The van der Waals surface area contributed by atoms with E-state index in [0.717, 1.165) is 31.5 Å². The monoisotopic (exact) mass is 271 g/mol. The van der Waals surface area contributed by atoms with Crippen molar-refractivity contribution in [1.29, 1.82) is 5.26 Å². The van der Waals surface area contributed by atoms with Crippen LogP contribution in [0.25, 0.3) is 0 Å². The van der Waals surface area contributed by atoms with Gasteiger partial charge in [0, 0.05) is 19.6 Å². The number of hydrogen-bond donors (Lipinski definition) is 0. The first kappa shape index (κ1) is 14.5. The number of nitrogens with zero attached hydrogens (tertiary/aromatic N) is 3. The van der Waals surface area contributed by atoms with Gasteiger partial charge in [0.15, 0.2) is 0 Å². The van der Waals surface area contributed by atoms with Gasteiger partial charge in [-0.2, -0.15) is 5.26 Å². The summed E-state index contributed by atoms with van der Waals surface area (Å²) >= 11 is 0. The smallest absolute Gasteiger partial charge is 0.239 e. The Labute approximate surface area is 120 Å². The Kier molecular flexibility index (Phi) is 4.75. The minimum Gasteiger partial charge on any atom is -0.341 e. The zero-order valence-electron chi connectivity index (χ0n) is 12.2. The topological polar surface area (TPSA) is 47.3 Å². The minimum atomic E-state index is -0.126. The van der Waals surface area contributed by atoms with Crippen LogP contribution in [0.5, 0.6) is 0 Å². The zero-order chi connectivity index (χ0) is 14.5. The summed E-state index contributed by atoms with van der Waals surface area (Å²) in [5.41, 5.74) is 1.72. The number of hydrogen-bond acceptors (Lipinski definition) is 3. The average molecular weight is 271 g/mol. The molecule has 4 nitrogen and oxygen atoms in total. The van der Waals surface area contributed by atoms with E-state index in [9.17, 15) is 4.79 Å². The van der Waals surface area contributed by atoms with Crippen molar-refractivity contribution >= 4 is 5.91 Å². The second kappa shape index (κ2) is 6.53. The molecule has 0 saturated carbocycles. The predicted molar refractivity (Wildman–Crippen MR) is 77.9 cm³/mol. The molecular weight excluding hydrogens is 250 g/mol. The third-order valence-corrected chi connectivity index (χ3v) is 3.92. The lowest BCUT2D eigenvalue weighted by Crippen LogP contribution is -2.44. The second-order valence-corrected chi connectivity index (χ2v) is 5.44. The Bertz CT molecular complexity index is 515. The van der Waals surface area contributed by atoms with Crippen molar-refractivity contribution in [2.45, 2.75) is 32.4 Å². The van der Waals surface area contributed by atoms with E-state index in [1.54, 1.807) is 6.07 Å². The van der Waals surface area contributed by atoms with Crippen LogP contribution in [0, 0.1) is 11.3 Å². The Morgan fingerprint density at radius 1 is 1.45 bits per heavy atom. The summed E-state index contributed by atoms with van der Waals surface area (Å²) in [6.45, 7) is 4.41. The number of rotatable bonds is 4. The van der Waals surface area contributed by atoms with Crippen molar-refractivity contribution in [2.75, 3.05) is 20.1 Å². The number of carbonyl (C=O) groups is 1. The molecule has 1 aromatic rings. The quantitative estimate of drug-likeness (QED) is 0.841. The standard InChI is InChI=1S/C16H21N3O/c1-13(16(20)19-8-3-4-9-19)18(2)12-15-7-5-6-14(10-15)11-17/h5-7,10,13H,3-4,8-9,12H2,1-2H3. The van der Waals surface area contributed by atoms with E-state index in [-0.39, 0.29) is 11.9 Å². The molecule has 1 atom stereocenters. The zero-order valence-corrected chi connectivity index (χ0v) is 12.2. The Morgan fingerprint density at radius 3 is 2.80 bits per heavy atom. The van der Waals surface area contributed by atoms with Gasteiger partial charge in [-0.1, -0.05) is 12.1 Å². The molecule has 0 bridgehead atoms. The van der Waals surface area contributed by atoms with Gasteiger partial charge in [0.1, 0.15) is 0 Å². The van der Waals surface area contributed by atoms with E-state index in [0.29, 0.717) is 12.1 Å². The number of likely N-dealkylation sites (N-methyl/N-ethyl adjacent to an activating group) is 1. The van der Waals surface area contributed by atoms with Crippen LogP contribution >= 0.6 is 0 Å². The molecule has 0 radical (unpaired) electrons. The molecule has 20 heavy (non-hydrogen) atoms. The summed E-state index contributed by atoms with van der Waals surface area (Å²) in [4.78, 5) is 16.3. The van der Waals surface area contributed by atoms with Crippen LogP contribution in [0.15, 0.2) is 24.3 Å². The van der Waals surface area contributed by atoms with E-state index in [2.05, 4.69) is 6.07 Å². The highest BCUT2D eigenvalue weighted by Crippen LogP contribution is 2.14. The molecular formula is C16H21N3O. The van der Waals surface area contributed by atoms with E-state index >= 15 is 0 Å². The molecule has 1 aliphatic heterocycles. The van der Waals surface area contributed by atoms with Crippen molar-refractivity contribution in [2.24, 2.45) is 0 Å². The van der Waals surface area contributed by atoms with Crippen molar-refractivity contribution < 1.29 is 4.79 Å². The van der Waals surface area contributed by atoms with Gasteiger partial charge >= 0.3 is 0 Å². The van der Waals surface area contributed by atoms with Gasteiger partial charge in [-0.05, 0) is 44.5 Å². The molecule has 1 aromatic carbocycles. The Morgan fingerprint density at radius 2 is 2.15 bits per heavy atom.